The van der Waals surface area contributed by atoms with Crippen molar-refractivity contribution in [3.63, 3.8) is 0 Å². The first-order chi connectivity index (χ1) is 10.4. The molecule has 0 N–H and O–H groups in total. The van der Waals surface area contributed by atoms with Crippen LogP contribution >= 0.6 is 15.2 Å². The molecule has 0 aromatic carbocycles. The Bertz CT molecular complexity index is 354. The molecule has 0 fully saturated rings. The van der Waals surface area contributed by atoms with Gasteiger partial charge in [-0.3, -0.25) is 9.13 Å². The van der Waals surface area contributed by atoms with Crippen LogP contribution in [0.2, 0.25) is 0 Å². The predicted molar refractivity (Wildman–Crippen MR) is 94.4 cm³/mol. The van der Waals surface area contributed by atoms with Gasteiger partial charge in [0, 0.05) is 0 Å². The molecule has 6 nitrogen and oxygen atoms in total. The molecule has 0 saturated carbocycles. The molecule has 0 aromatic rings. The summed E-state index contributed by atoms with van der Waals surface area (Å²) in [5.41, 5.74) is 0. The molecule has 0 bridgehead atoms. The lowest BCUT2D eigenvalue weighted by Gasteiger charge is -2.25. The Balaban J connectivity index is 4.80. The summed E-state index contributed by atoms with van der Waals surface area (Å²) in [7, 11) is -6.44. The van der Waals surface area contributed by atoms with Gasteiger partial charge in [-0.2, -0.15) is 0 Å². The summed E-state index contributed by atoms with van der Waals surface area (Å²) in [6.45, 7) is 14.5. The van der Waals surface area contributed by atoms with Gasteiger partial charge in [-0.1, -0.05) is 0 Å². The minimum Gasteiger partial charge on any atom is -0.306 e. The van der Waals surface area contributed by atoms with Crippen LogP contribution in [0.3, 0.4) is 0 Å². The fourth-order valence-corrected chi connectivity index (χ4v) is 6.43. The first-order valence-electron chi connectivity index (χ1n) is 8.29. The average molecular weight is 372 g/mol. The van der Waals surface area contributed by atoms with Crippen molar-refractivity contribution >= 4 is 15.2 Å². The van der Waals surface area contributed by atoms with Gasteiger partial charge in [-0.05, 0) is 61.8 Å². The molecule has 0 aliphatic rings. The van der Waals surface area contributed by atoms with Crippen LogP contribution in [0.15, 0.2) is 0 Å². The summed E-state index contributed by atoms with van der Waals surface area (Å²) in [4.78, 5) is 0. The molecule has 0 atom stereocenters. The molecule has 8 heteroatoms. The molecular weight excluding hydrogens is 338 g/mol. The van der Waals surface area contributed by atoms with Gasteiger partial charge in [-0.15, -0.1) is 0 Å². The highest BCUT2D eigenvalue weighted by Crippen LogP contribution is 2.55. The minimum absolute atomic E-state index is 0.191. The standard InChI is InChI=1S/C15H34O6P2/c1-12(2)18-22(16,19-13(3)4)10-9-11-23(17,20-14(5)6)21-15(7)8/h12-15H,9-11H2,1-8H3. The summed E-state index contributed by atoms with van der Waals surface area (Å²) in [5.74, 6) is 0. The van der Waals surface area contributed by atoms with E-state index in [0.29, 0.717) is 6.42 Å². The Hall–Kier alpha value is 0.300. The van der Waals surface area contributed by atoms with Gasteiger partial charge < -0.3 is 18.1 Å². The minimum atomic E-state index is -3.22. The van der Waals surface area contributed by atoms with Gasteiger partial charge >= 0.3 is 15.2 Å². The van der Waals surface area contributed by atoms with E-state index in [1.807, 2.05) is 55.4 Å². The van der Waals surface area contributed by atoms with Crippen LogP contribution in [0.5, 0.6) is 0 Å². The van der Waals surface area contributed by atoms with Gasteiger partial charge in [0.1, 0.15) is 0 Å². The molecule has 0 spiro atoms. The number of hydrogen-bond acceptors (Lipinski definition) is 6. The van der Waals surface area contributed by atoms with E-state index in [4.69, 9.17) is 18.1 Å². The van der Waals surface area contributed by atoms with Crippen LogP contribution in [0.25, 0.3) is 0 Å². The highest BCUT2D eigenvalue weighted by molar-refractivity contribution is 7.55. The Morgan fingerprint density at radius 3 is 0.957 bits per heavy atom. The smallest absolute Gasteiger partial charge is 0.306 e. The zero-order chi connectivity index (χ0) is 18.3. The quantitative estimate of drug-likeness (QED) is 0.424. The van der Waals surface area contributed by atoms with Crippen molar-refractivity contribution in [3.8, 4) is 0 Å². The van der Waals surface area contributed by atoms with Crippen molar-refractivity contribution in [2.75, 3.05) is 12.3 Å². The van der Waals surface area contributed by atoms with Gasteiger partial charge in [0.25, 0.3) is 0 Å². The normalized spacial score (nSPS) is 13.7. The van der Waals surface area contributed by atoms with Gasteiger partial charge in [0.15, 0.2) is 0 Å². The average Bonchev–Trinajstić information content (AvgIpc) is 2.22. The first-order valence-corrected chi connectivity index (χ1v) is 11.7. The lowest BCUT2D eigenvalue weighted by molar-refractivity contribution is 0.140. The predicted octanol–water partition coefficient (Wildman–Crippen LogP) is 5.46. The molecule has 0 aliphatic carbocycles. The second kappa shape index (κ2) is 10.3. The molecule has 0 aromatic heterocycles. The van der Waals surface area contributed by atoms with Crippen LogP contribution in [0, 0.1) is 0 Å². The Morgan fingerprint density at radius 2 is 0.783 bits per heavy atom. The van der Waals surface area contributed by atoms with Crippen molar-refractivity contribution in [3.05, 3.63) is 0 Å². The van der Waals surface area contributed by atoms with E-state index in [2.05, 4.69) is 0 Å². The van der Waals surface area contributed by atoms with Gasteiger partial charge in [-0.25, -0.2) is 0 Å². The van der Waals surface area contributed by atoms with E-state index in [1.54, 1.807) is 0 Å². The number of hydrogen-bond donors (Lipinski definition) is 0. The van der Waals surface area contributed by atoms with E-state index in [9.17, 15) is 9.13 Å². The number of rotatable bonds is 12. The molecule has 0 amide bonds. The third-order valence-corrected chi connectivity index (χ3v) is 7.05. The molecule has 0 heterocycles. The Labute approximate surface area is 141 Å². The maximum atomic E-state index is 12.7. The Morgan fingerprint density at radius 1 is 0.565 bits per heavy atom. The van der Waals surface area contributed by atoms with Crippen molar-refractivity contribution < 1.29 is 27.2 Å². The fourth-order valence-electron chi connectivity index (χ4n) is 2.00. The summed E-state index contributed by atoms with van der Waals surface area (Å²) >= 11 is 0. The molecule has 0 saturated heterocycles. The highest BCUT2D eigenvalue weighted by Gasteiger charge is 2.32. The molecular formula is C15H34O6P2. The lowest BCUT2D eigenvalue weighted by Crippen LogP contribution is -2.13. The van der Waals surface area contributed by atoms with E-state index >= 15 is 0 Å². The van der Waals surface area contributed by atoms with E-state index in [0.717, 1.165) is 0 Å². The molecule has 0 radical (unpaired) electrons. The second-order valence-corrected chi connectivity index (χ2v) is 10.8. The molecule has 140 valence electrons. The zero-order valence-electron chi connectivity index (χ0n) is 15.8. The lowest BCUT2D eigenvalue weighted by atomic mass is 10.5. The first kappa shape index (κ1) is 23.3. The third kappa shape index (κ3) is 11.5. The van der Waals surface area contributed by atoms with Gasteiger partial charge in [0.05, 0.1) is 36.7 Å². The van der Waals surface area contributed by atoms with E-state index < -0.39 is 15.2 Å². The maximum absolute atomic E-state index is 12.7. The monoisotopic (exact) mass is 372 g/mol. The molecule has 0 unspecified atom stereocenters. The van der Waals surface area contributed by atoms with Crippen LogP contribution in [0.4, 0.5) is 0 Å². The van der Waals surface area contributed by atoms with Crippen molar-refractivity contribution in [1.29, 1.82) is 0 Å². The summed E-state index contributed by atoms with van der Waals surface area (Å²) in [6.07, 6.45) is -0.0502. The molecule has 23 heavy (non-hydrogen) atoms. The van der Waals surface area contributed by atoms with Crippen LogP contribution in [-0.2, 0) is 27.2 Å². The SMILES string of the molecule is CC(C)OP(=O)(CCCP(=O)(OC(C)C)OC(C)C)OC(C)C. The van der Waals surface area contributed by atoms with Crippen molar-refractivity contribution in [1.82, 2.24) is 0 Å². The van der Waals surface area contributed by atoms with Crippen molar-refractivity contribution in [2.45, 2.75) is 86.2 Å². The summed E-state index contributed by atoms with van der Waals surface area (Å²) < 4.78 is 47.4. The fraction of sp³-hybridized carbons (Fsp3) is 1.00. The molecule has 0 aliphatic heterocycles. The topological polar surface area (TPSA) is 71.1 Å². The largest absolute Gasteiger partial charge is 0.331 e. The third-order valence-electron chi connectivity index (χ3n) is 2.35. The van der Waals surface area contributed by atoms with Crippen LogP contribution in [0.1, 0.15) is 61.8 Å². The maximum Gasteiger partial charge on any atom is 0.331 e. The summed E-state index contributed by atoms with van der Waals surface area (Å²) in [5, 5.41) is 0. The van der Waals surface area contributed by atoms with Crippen LogP contribution in [-0.4, -0.2) is 36.7 Å². The van der Waals surface area contributed by atoms with Crippen molar-refractivity contribution in [2.24, 2.45) is 0 Å². The van der Waals surface area contributed by atoms with Gasteiger partial charge in [0.2, 0.25) is 0 Å². The zero-order valence-corrected chi connectivity index (χ0v) is 17.6. The Kier molecular flexibility index (Phi) is 10.5. The van der Waals surface area contributed by atoms with E-state index in [1.165, 1.54) is 0 Å². The van der Waals surface area contributed by atoms with E-state index in [-0.39, 0.29) is 36.7 Å². The summed E-state index contributed by atoms with van der Waals surface area (Å²) in [6, 6.07) is 0. The molecule has 0 rings (SSSR count). The second-order valence-electron chi connectivity index (χ2n) is 6.64. The highest BCUT2D eigenvalue weighted by atomic mass is 31.2. The van der Waals surface area contributed by atoms with Crippen LogP contribution < -0.4 is 0 Å².